The quantitative estimate of drug-likeness (QED) is 0.708. The number of methoxy groups -OCH3 is 1. The molecule has 3 nitrogen and oxygen atoms in total. The van der Waals surface area contributed by atoms with E-state index in [0.717, 1.165) is 13.3 Å². The molecule has 0 aliphatic heterocycles. The summed E-state index contributed by atoms with van der Waals surface area (Å²) < 4.78 is 42.0. The van der Waals surface area contributed by atoms with Crippen LogP contribution >= 0.6 is 0 Å². The summed E-state index contributed by atoms with van der Waals surface area (Å²) in [6.45, 7) is 0. The van der Waals surface area contributed by atoms with Crippen LogP contribution in [0, 0.1) is 5.82 Å². The molecule has 0 bridgehead atoms. The van der Waals surface area contributed by atoms with Crippen molar-refractivity contribution in [3.63, 3.8) is 0 Å². The lowest BCUT2D eigenvalue weighted by molar-refractivity contribution is 0.110. The maximum Gasteiger partial charge on any atom is 0.266 e. The van der Waals surface area contributed by atoms with E-state index < -0.39 is 29.2 Å². The smallest absolute Gasteiger partial charge is 0.266 e. The molecule has 0 aromatic carbocycles. The van der Waals surface area contributed by atoms with Gasteiger partial charge in [-0.15, -0.1) is 0 Å². The molecule has 0 aliphatic rings. The van der Waals surface area contributed by atoms with E-state index in [4.69, 9.17) is 0 Å². The van der Waals surface area contributed by atoms with Crippen LogP contribution in [0.5, 0.6) is 5.88 Å². The van der Waals surface area contributed by atoms with Crippen LogP contribution in [0.15, 0.2) is 6.20 Å². The summed E-state index contributed by atoms with van der Waals surface area (Å²) in [6, 6.07) is 0. The number of hydrogen-bond donors (Lipinski definition) is 0. The molecule has 1 aromatic rings. The first-order valence-electron chi connectivity index (χ1n) is 3.57. The van der Waals surface area contributed by atoms with Crippen LogP contribution in [0.25, 0.3) is 0 Å². The zero-order chi connectivity index (χ0) is 10.7. The molecule has 0 saturated carbocycles. The topological polar surface area (TPSA) is 39.2 Å². The Hall–Kier alpha value is -1.59. The average molecular weight is 205 g/mol. The van der Waals surface area contributed by atoms with Gasteiger partial charge in [0, 0.05) is 11.8 Å². The predicted octanol–water partition coefficient (Wildman–Crippen LogP) is 1.98. The molecular weight excluding hydrogens is 199 g/mol. The van der Waals surface area contributed by atoms with E-state index in [2.05, 4.69) is 9.72 Å². The van der Waals surface area contributed by atoms with E-state index in [1.165, 1.54) is 0 Å². The predicted molar refractivity (Wildman–Crippen MR) is 41.1 cm³/mol. The number of aromatic nitrogens is 1. The monoisotopic (exact) mass is 205 g/mol. The lowest BCUT2D eigenvalue weighted by atomic mass is 10.1. The van der Waals surface area contributed by atoms with Crippen molar-refractivity contribution in [2.75, 3.05) is 7.11 Å². The van der Waals surface area contributed by atoms with Crippen LogP contribution < -0.4 is 4.74 Å². The largest absolute Gasteiger partial charge is 0.479 e. The van der Waals surface area contributed by atoms with Gasteiger partial charge in [-0.2, -0.15) is 0 Å². The zero-order valence-corrected chi connectivity index (χ0v) is 7.13. The first-order chi connectivity index (χ1) is 6.61. The number of aldehydes is 1. The van der Waals surface area contributed by atoms with Crippen molar-refractivity contribution < 1.29 is 22.7 Å². The van der Waals surface area contributed by atoms with Crippen LogP contribution in [0.3, 0.4) is 0 Å². The molecule has 0 aliphatic carbocycles. The molecule has 0 N–H and O–H groups in total. The van der Waals surface area contributed by atoms with E-state index in [1.54, 1.807) is 0 Å². The molecular formula is C8H6F3NO2. The summed E-state index contributed by atoms with van der Waals surface area (Å²) in [4.78, 5) is 13.7. The van der Waals surface area contributed by atoms with Gasteiger partial charge in [0.2, 0.25) is 0 Å². The van der Waals surface area contributed by atoms with Gasteiger partial charge < -0.3 is 4.74 Å². The number of ether oxygens (including phenoxy) is 1. The van der Waals surface area contributed by atoms with Crippen LogP contribution in [-0.4, -0.2) is 18.4 Å². The molecule has 0 atom stereocenters. The Bertz CT molecular complexity index is 355. The molecule has 0 amide bonds. The van der Waals surface area contributed by atoms with Crippen molar-refractivity contribution in [2.45, 2.75) is 6.43 Å². The van der Waals surface area contributed by atoms with Gasteiger partial charge >= 0.3 is 0 Å². The summed E-state index contributed by atoms with van der Waals surface area (Å²) in [5.41, 5.74) is -1.45. The van der Waals surface area contributed by atoms with Crippen LogP contribution in [0.2, 0.25) is 0 Å². The van der Waals surface area contributed by atoms with E-state index in [-0.39, 0.29) is 6.29 Å². The highest BCUT2D eigenvalue weighted by molar-refractivity contribution is 5.78. The minimum absolute atomic E-state index is 0.0149. The number of halogens is 3. The van der Waals surface area contributed by atoms with E-state index in [9.17, 15) is 18.0 Å². The molecule has 0 fully saturated rings. The number of rotatable bonds is 3. The van der Waals surface area contributed by atoms with Crippen LogP contribution in [0.4, 0.5) is 13.2 Å². The minimum Gasteiger partial charge on any atom is -0.479 e. The van der Waals surface area contributed by atoms with Crippen molar-refractivity contribution in [3.8, 4) is 5.88 Å². The maximum absolute atomic E-state index is 13.1. The number of alkyl halides is 2. The standard InChI is InChI=1S/C8H6F3NO2/c1-14-8-6(9)5(3-13)4(2-12-8)7(10)11/h2-3,7H,1H3. The van der Waals surface area contributed by atoms with Crippen molar-refractivity contribution in [1.29, 1.82) is 0 Å². The molecule has 1 heterocycles. The van der Waals surface area contributed by atoms with Gasteiger partial charge in [-0.25, -0.2) is 18.2 Å². The van der Waals surface area contributed by atoms with Gasteiger partial charge in [-0.05, 0) is 0 Å². The van der Waals surface area contributed by atoms with E-state index in [1.807, 2.05) is 0 Å². The number of hydrogen-bond acceptors (Lipinski definition) is 3. The third kappa shape index (κ3) is 1.68. The summed E-state index contributed by atoms with van der Waals surface area (Å²) >= 11 is 0. The first kappa shape index (κ1) is 10.5. The highest BCUT2D eigenvalue weighted by atomic mass is 19.3. The molecule has 1 aromatic heterocycles. The second-order valence-electron chi connectivity index (χ2n) is 2.37. The van der Waals surface area contributed by atoms with E-state index >= 15 is 0 Å². The zero-order valence-electron chi connectivity index (χ0n) is 7.13. The summed E-state index contributed by atoms with van der Waals surface area (Å²) in [5, 5.41) is 0. The van der Waals surface area contributed by atoms with Gasteiger partial charge in [0.25, 0.3) is 12.3 Å². The molecule has 0 spiro atoms. The molecule has 6 heteroatoms. The van der Waals surface area contributed by atoms with Crippen LogP contribution in [-0.2, 0) is 0 Å². The van der Waals surface area contributed by atoms with Crippen molar-refractivity contribution in [2.24, 2.45) is 0 Å². The Morgan fingerprint density at radius 1 is 1.57 bits per heavy atom. The molecule has 0 saturated heterocycles. The Kier molecular flexibility index (Phi) is 3.06. The van der Waals surface area contributed by atoms with Gasteiger partial charge in [-0.1, -0.05) is 0 Å². The molecule has 14 heavy (non-hydrogen) atoms. The fourth-order valence-electron chi connectivity index (χ4n) is 0.932. The summed E-state index contributed by atoms with van der Waals surface area (Å²) in [6.07, 6.45) is -2.21. The number of carbonyl (C=O) groups is 1. The molecule has 0 radical (unpaired) electrons. The second kappa shape index (κ2) is 4.08. The van der Waals surface area contributed by atoms with Gasteiger partial charge in [0.15, 0.2) is 12.1 Å². The molecule has 1 rings (SSSR count). The highest BCUT2D eigenvalue weighted by Gasteiger charge is 2.20. The fourth-order valence-corrected chi connectivity index (χ4v) is 0.932. The van der Waals surface area contributed by atoms with Crippen LogP contribution in [0.1, 0.15) is 22.3 Å². The van der Waals surface area contributed by atoms with Crippen molar-refractivity contribution in [1.82, 2.24) is 4.98 Å². The van der Waals surface area contributed by atoms with Crippen molar-refractivity contribution in [3.05, 3.63) is 23.1 Å². The fraction of sp³-hybridized carbons (Fsp3) is 0.250. The third-order valence-electron chi connectivity index (χ3n) is 1.60. The Balaban J connectivity index is 3.35. The lowest BCUT2D eigenvalue weighted by Gasteiger charge is -2.06. The molecule has 76 valence electrons. The summed E-state index contributed by atoms with van der Waals surface area (Å²) in [7, 11) is 1.13. The number of nitrogens with zero attached hydrogens (tertiary/aromatic N) is 1. The number of carbonyl (C=O) groups excluding carboxylic acids is 1. The normalized spacial score (nSPS) is 10.4. The summed E-state index contributed by atoms with van der Waals surface area (Å²) in [5.74, 6) is -1.64. The highest BCUT2D eigenvalue weighted by Crippen LogP contribution is 2.26. The van der Waals surface area contributed by atoms with Gasteiger partial charge in [-0.3, -0.25) is 4.79 Å². The minimum atomic E-state index is -2.94. The Labute approximate surface area is 77.5 Å². The Morgan fingerprint density at radius 3 is 2.64 bits per heavy atom. The average Bonchev–Trinajstić information content (AvgIpc) is 2.17. The number of pyridine rings is 1. The maximum atomic E-state index is 13.1. The van der Waals surface area contributed by atoms with Gasteiger partial charge in [0.1, 0.15) is 0 Å². The SMILES string of the molecule is COc1ncc(C(F)F)c(C=O)c1F. The third-order valence-corrected chi connectivity index (χ3v) is 1.60. The molecule has 0 unspecified atom stereocenters. The first-order valence-corrected chi connectivity index (χ1v) is 3.57. The van der Waals surface area contributed by atoms with Crippen molar-refractivity contribution >= 4 is 6.29 Å². The Morgan fingerprint density at radius 2 is 2.21 bits per heavy atom. The second-order valence-corrected chi connectivity index (χ2v) is 2.37. The van der Waals surface area contributed by atoms with Gasteiger partial charge in [0.05, 0.1) is 12.7 Å². The van der Waals surface area contributed by atoms with E-state index in [0.29, 0.717) is 0 Å². The lowest BCUT2D eigenvalue weighted by Crippen LogP contribution is -2.02.